The van der Waals surface area contributed by atoms with E-state index >= 15 is 0 Å². The summed E-state index contributed by atoms with van der Waals surface area (Å²) in [7, 11) is 1.55. The Labute approximate surface area is 111 Å². The van der Waals surface area contributed by atoms with Gasteiger partial charge >= 0.3 is 5.97 Å². The van der Waals surface area contributed by atoms with Crippen molar-refractivity contribution in [1.82, 2.24) is 0 Å². The van der Waals surface area contributed by atoms with Gasteiger partial charge in [0.15, 0.2) is 0 Å². The van der Waals surface area contributed by atoms with Gasteiger partial charge in [-0.3, -0.25) is 4.79 Å². The molecule has 0 saturated carbocycles. The number of carboxylic acid groups (broad SMARTS) is 1. The molecule has 0 heterocycles. The SMILES string of the molecule is COCC(C)CC(=O)Nc1cc(C(=O)O)ccc1O. The fraction of sp³-hybridized carbons (Fsp3) is 0.385. The molecule has 0 aliphatic carbocycles. The van der Waals surface area contributed by atoms with Crippen molar-refractivity contribution >= 4 is 17.6 Å². The predicted octanol–water partition coefficient (Wildman–Crippen LogP) is 1.70. The molecule has 1 atom stereocenters. The second-order valence-electron chi connectivity index (χ2n) is 4.35. The van der Waals surface area contributed by atoms with Crippen molar-refractivity contribution in [2.24, 2.45) is 5.92 Å². The van der Waals surface area contributed by atoms with Crippen LogP contribution in [0.15, 0.2) is 18.2 Å². The Kier molecular flexibility index (Phi) is 5.32. The van der Waals surface area contributed by atoms with Gasteiger partial charge in [-0.05, 0) is 24.1 Å². The van der Waals surface area contributed by atoms with Gasteiger partial charge in [0.05, 0.1) is 11.3 Å². The Morgan fingerprint density at radius 3 is 2.68 bits per heavy atom. The normalized spacial score (nSPS) is 11.9. The maximum Gasteiger partial charge on any atom is 0.335 e. The zero-order valence-electron chi connectivity index (χ0n) is 10.8. The van der Waals surface area contributed by atoms with Crippen LogP contribution in [0.1, 0.15) is 23.7 Å². The quantitative estimate of drug-likeness (QED) is 0.682. The molecule has 104 valence electrons. The molecule has 1 aromatic rings. The summed E-state index contributed by atoms with van der Waals surface area (Å²) in [6, 6.07) is 3.72. The average Bonchev–Trinajstić information content (AvgIpc) is 2.31. The number of nitrogens with one attached hydrogen (secondary N) is 1. The zero-order valence-corrected chi connectivity index (χ0v) is 10.8. The van der Waals surface area contributed by atoms with Crippen molar-refractivity contribution in [2.75, 3.05) is 19.0 Å². The summed E-state index contributed by atoms with van der Waals surface area (Å²) >= 11 is 0. The minimum absolute atomic E-state index is 0.00181. The van der Waals surface area contributed by atoms with Gasteiger partial charge in [-0.1, -0.05) is 6.92 Å². The number of anilines is 1. The van der Waals surface area contributed by atoms with Gasteiger partial charge in [-0.2, -0.15) is 0 Å². The van der Waals surface area contributed by atoms with Crippen LogP contribution in [-0.2, 0) is 9.53 Å². The highest BCUT2D eigenvalue weighted by Gasteiger charge is 2.13. The van der Waals surface area contributed by atoms with Crippen LogP contribution >= 0.6 is 0 Å². The summed E-state index contributed by atoms with van der Waals surface area (Å²) in [6.07, 6.45) is 0.227. The van der Waals surface area contributed by atoms with Crippen LogP contribution in [0.2, 0.25) is 0 Å². The highest BCUT2D eigenvalue weighted by atomic mass is 16.5. The van der Waals surface area contributed by atoms with Gasteiger partial charge in [0, 0.05) is 20.1 Å². The molecular formula is C13H17NO5. The van der Waals surface area contributed by atoms with E-state index in [1.165, 1.54) is 18.2 Å². The smallest absolute Gasteiger partial charge is 0.335 e. The van der Waals surface area contributed by atoms with E-state index in [0.29, 0.717) is 6.61 Å². The maximum absolute atomic E-state index is 11.7. The molecular weight excluding hydrogens is 250 g/mol. The number of aromatic hydroxyl groups is 1. The first kappa shape index (κ1) is 15.0. The third-order valence-corrected chi connectivity index (χ3v) is 2.50. The lowest BCUT2D eigenvalue weighted by molar-refractivity contribution is -0.117. The van der Waals surface area contributed by atoms with Crippen LogP contribution in [0.4, 0.5) is 5.69 Å². The van der Waals surface area contributed by atoms with E-state index in [-0.39, 0.29) is 35.2 Å². The van der Waals surface area contributed by atoms with Crippen LogP contribution in [0.5, 0.6) is 5.75 Å². The second kappa shape index (κ2) is 6.75. The molecule has 0 saturated heterocycles. The Hall–Kier alpha value is -2.08. The van der Waals surface area contributed by atoms with E-state index in [0.717, 1.165) is 0 Å². The number of hydrogen-bond donors (Lipinski definition) is 3. The number of phenolic OH excluding ortho intramolecular Hbond substituents is 1. The number of phenols is 1. The largest absolute Gasteiger partial charge is 0.506 e. The van der Waals surface area contributed by atoms with E-state index in [2.05, 4.69) is 5.32 Å². The Morgan fingerprint density at radius 1 is 1.42 bits per heavy atom. The molecule has 0 fully saturated rings. The molecule has 1 aromatic carbocycles. The molecule has 1 unspecified atom stereocenters. The van der Waals surface area contributed by atoms with Crippen molar-refractivity contribution in [1.29, 1.82) is 0 Å². The summed E-state index contributed by atoms with van der Waals surface area (Å²) < 4.78 is 4.92. The fourth-order valence-corrected chi connectivity index (χ4v) is 1.63. The lowest BCUT2D eigenvalue weighted by atomic mass is 10.1. The number of carbonyl (C=O) groups is 2. The van der Waals surface area contributed by atoms with Crippen LogP contribution in [0.3, 0.4) is 0 Å². The molecule has 0 aliphatic heterocycles. The lowest BCUT2D eigenvalue weighted by Crippen LogP contribution is -2.17. The zero-order chi connectivity index (χ0) is 14.4. The molecule has 0 aliphatic rings. The molecule has 1 rings (SSSR count). The van der Waals surface area contributed by atoms with Crippen molar-refractivity contribution in [3.63, 3.8) is 0 Å². The van der Waals surface area contributed by atoms with E-state index in [9.17, 15) is 14.7 Å². The molecule has 19 heavy (non-hydrogen) atoms. The number of carboxylic acids is 1. The van der Waals surface area contributed by atoms with Crippen LogP contribution in [0.25, 0.3) is 0 Å². The number of carbonyl (C=O) groups excluding carboxylic acids is 1. The number of ether oxygens (including phenoxy) is 1. The summed E-state index contributed by atoms with van der Waals surface area (Å²) in [5, 5.41) is 20.9. The molecule has 0 bridgehead atoms. The lowest BCUT2D eigenvalue weighted by Gasteiger charge is -2.11. The standard InChI is InChI=1S/C13H17NO5/c1-8(7-19-2)5-12(16)14-10-6-9(13(17)18)3-4-11(10)15/h3-4,6,8,15H,5,7H2,1-2H3,(H,14,16)(H,17,18). The fourth-order valence-electron chi connectivity index (χ4n) is 1.63. The summed E-state index contributed by atoms with van der Waals surface area (Å²) in [5.74, 6) is -1.56. The number of methoxy groups -OCH3 is 1. The third-order valence-electron chi connectivity index (χ3n) is 2.50. The van der Waals surface area contributed by atoms with Crippen LogP contribution < -0.4 is 5.32 Å². The molecule has 0 aromatic heterocycles. The first-order chi connectivity index (χ1) is 8.93. The highest BCUT2D eigenvalue weighted by molar-refractivity contribution is 5.95. The van der Waals surface area contributed by atoms with E-state index in [1.54, 1.807) is 7.11 Å². The summed E-state index contributed by atoms with van der Waals surface area (Å²) in [6.45, 7) is 2.31. The minimum atomic E-state index is -1.12. The van der Waals surface area contributed by atoms with Gasteiger partial charge in [0.25, 0.3) is 0 Å². The number of rotatable bonds is 6. The second-order valence-corrected chi connectivity index (χ2v) is 4.35. The molecule has 0 radical (unpaired) electrons. The van der Waals surface area contributed by atoms with Crippen LogP contribution in [0, 0.1) is 5.92 Å². The Balaban J connectivity index is 2.73. The van der Waals surface area contributed by atoms with Crippen molar-refractivity contribution in [2.45, 2.75) is 13.3 Å². The van der Waals surface area contributed by atoms with Gasteiger partial charge in [0.1, 0.15) is 5.75 Å². The van der Waals surface area contributed by atoms with Crippen molar-refractivity contribution in [3.8, 4) is 5.75 Å². The Bertz CT molecular complexity index is 472. The molecule has 1 amide bonds. The average molecular weight is 267 g/mol. The number of aromatic carboxylic acids is 1. The van der Waals surface area contributed by atoms with Gasteiger partial charge < -0.3 is 20.3 Å². The molecule has 6 nitrogen and oxygen atoms in total. The monoisotopic (exact) mass is 267 g/mol. The van der Waals surface area contributed by atoms with E-state index in [1.807, 2.05) is 6.92 Å². The third kappa shape index (κ3) is 4.59. The number of amides is 1. The Morgan fingerprint density at radius 2 is 2.11 bits per heavy atom. The molecule has 6 heteroatoms. The number of benzene rings is 1. The van der Waals surface area contributed by atoms with Gasteiger partial charge in [-0.25, -0.2) is 4.79 Å². The summed E-state index contributed by atoms with van der Waals surface area (Å²) in [5.41, 5.74) is 0.0903. The number of hydrogen-bond acceptors (Lipinski definition) is 4. The maximum atomic E-state index is 11.7. The van der Waals surface area contributed by atoms with E-state index < -0.39 is 5.97 Å². The first-order valence-electron chi connectivity index (χ1n) is 5.79. The van der Waals surface area contributed by atoms with E-state index in [4.69, 9.17) is 9.84 Å². The molecule has 3 N–H and O–H groups in total. The first-order valence-corrected chi connectivity index (χ1v) is 5.79. The van der Waals surface area contributed by atoms with Crippen LogP contribution in [-0.4, -0.2) is 35.8 Å². The predicted molar refractivity (Wildman–Crippen MR) is 69.4 cm³/mol. The van der Waals surface area contributed by atoms with Crippen molar-refractivity contribution < 1.29 is 24.5 Å². The van der Waals surface area contributed by atoms with Gasteiger partial charge in [0.2, 0.25) is 5.91 Å². The highest BCUT2D eigenvalue weighted by Crippen LogP contribution is 2.24. The summed E-state index contributed by atoms with van der Waals surface area (Å²) in [4.78, 5) is 22.5. The molecule has 0 spiro atoms. The minimum Gasteiger partial charge on any atom is -0.506 e. The van der Waals surface area contributed by atoms with Crippen molar-refractivity contribution in [3.05, 3.63) is 23.8 Å². The van der Waals surface area contributed by atoms with Gasteiger partial charge in [-0.15, -0.1) is 0 Å². The topological polar surface area (TPSA) is 95.9 Å².